The quantitative estimate of drug-likeness (QED) is 0.738. The molecule has 19 heavy (non-hydrogen) atoms. The van der Waals surface area contributed by atoms with Gasteiger partial charge in [-0.2, -0.15) is 0 Å². The molecule has 0 atom stereocenters. The van der Waals surface area contributed by atoms with E-state index in [9.17, 15) is 4.79 Å². The van der Waals surface area contributed by atoms with Crippen LogP contribution in [0.1, 0.15) is 10.5 Å². The minimum atomic E-state index is -0.144. The van der Waals surface area contributed by atoms with Gasteiger partial charge in [0.2, 0.25) is 0 Å². The van der Waals surface area contributed by atoms with E-state index in [0.29, 0.717) is 5.69 Å². The number of amides is 1. The summed E-state index contributed by atoms with van der Waals surface area (Å²) in [6, 6.07) is 15.2. The third-order valence-electron chi connectivity index (χ3n) is 2.85. The molecule has 4 nitrogen and oxygen atoms in total. The molecule has 1 amide bonds. The van der Waals surface area contributed by atoms with Crippen LogP contribution in [0.2, 0.25) is 0 Å². The third-order valence-corrected chi connectivity index (χ3v) is 2.85. The zero-order valence-corrected chi connectivity index (χ0v) is 10.2. The third kappa shape index (κ3) is 2.42. The van der Waals surface area contributed by atoms with E-state index in [1.54, 1.807) is 18.3 Å². The number of aromatic amines is 1. The van der Waals surface area contributed by atoms with Crippen LogP contribution in [0, 0.1) is 0 Å². The van der Waals surface area contributed by atoms with Gasteiger partial charge in [-0.05, 0) is 42.5 Å². The molecule has 0 saturated heterocycles. The predicted molar refractivity (Wildman–Crippen MR) is 74.5 cm³/mol. The van der Waals surface area contributed by atoms with Crippen LogP contribution in [0.5, 0.6) is 0 Å². The second kappa shape index (κ2) is 4.86. The highest BCUT2D eigenvalue weighted by Gasteiger charge is 2.06. The number of nitrogens with one attached hydrogen (secondary N) is 2. The smallest absolute Gasteiger partial charge is 0.272 e. The van der Waals surface area contributed by atoms with Crippen LogP contribution in [-0.2, 0) is 0 Å². The Hall–Kier alpha value is -2.75. The average Bonchev–Trinajstić information content (AvgIpc) is 3.13. The lowest BCUT2D eigenvalue weighted by Gasteiger charge is -2.07. The molecule has 3 aromatic rings. The summed E-state index contributed by atoms with van der Waals surface area (Å²) in [7, 11) is 0. The Balaban J connectivity index is 1.82. The first-order valence-corrected chi connectivity index (χ1v) is 6.01. The summed E-state index contributed by atoms with van der Waals surface area (Å²) < 4.78 is 1.99. The molecule has 0 unspecified atom stereocenters. The Morgan fingerprint density at radius 2 is 1.89 bits per heavy atom. The molecular formula is C15H13N3O. The monoisotopic (exact) mass is 251 g/mol. The van der Waals surface area contributed by atoms with Gasteiger partial charge in [0, 0.05) is 30.0 Å². The molecule has 0 aliphatic rings. The molecule has 94 valence electrons. The van der Waals surface area contributed by atoms with Crippen LogP contribution in [-0.4, -0.2) is 15.5 Å². The van der Waals surface area contributed by atoms with Crippen molar-refractivity contribution < 1.29 is 4.79 Å². The van der Waals surface area contributed by atoms with Gasteiger partial charge >= 0.3 is 0 Å². The van der Waals surface area contributed by atoms with Crippen LogP contribution in [0.25, 0.3) is 5.69 Å². The summed E-state index contributed by atoms with van der Waals surface area (Å²) in [6.07, 6.45) is 5.66. The van der Waals surface area contributed by atoms with E-state index in [4.69, 9.17) is 0 Å². The Labute approximate surface area is 110 Å². The molecule has 4 heteroatoms. The second-order valence-corrected chi connectivity index (χ2v) is 4.18. The summed E-state index contributed by atoms with van der Waals surface area (Å²) in [6.45, 7) is 0. The van der Waals surface area contributed by atoms with Crippen molar-refractivity contribution in [2.75, 3.05) is 5.32 Å². The molecule has 0 saturated carbocycles. The van der Waals surface area contributed by atoms with E-state index < -0.39 is 0 Å². The normalized spacial score (nSPS) is 10.3. The molecule has 2 aromatic heterocycles. The molecule has 2 N–H and O–H groups in total. The summed E-state index contributed by atoms with van der Waals surface area (Å²) in [5.74, 6) is -0.144. The van der Waals surface area contributed by atoms with E-state index in [1.807, 2.05) is 53.4 Å². The predicted octanol–water partition coefficient (Wildman–Crippen LogP) is 3.06. The lowest BCUT2D eigenvalue weighted by molar-refractivity contribution is 0.102. The van der Waals surface area contributed by atoms with E-state index >= 15 is 0 Å². The lowest BCUT2D eigenvalue weighted by atomic mass is 10.2. The summed E-state index contributed by atoms with van der Waals surface area (Å²) in [5.41, 5.74) is 2.33. The van der Waals surface area contributed by atoms with Crippen LogP contribution in [0.3, 0.4) is 0 Å². The second-order valence-electron chi connectivity index (χ2n) is 4.18. The van der Waals surface area contributed by atoms with Gasteiger partial charge in [-0.1, -0.05) is 6.07 Å². The minimum absolute atomic E-state index is 0.144. The van der Waals surface area contributed by atoms with Crippen molar-refractivity contribution in [3.8, 4) is 5.69 Å². The van der Waals surface area contributed by atoms with E-state index in [2.05, 4.69) is 10.3 Å². The first-order valence-electron chi connectivity index (χ1n) is 6.01. The van der Waals surface area contributed by atoms with Crippen molar-refractivity contribution in [3.63, 3.8) is 0 Å². The van der Waals surface area contributed by atoms with Gasteiger partial charge in [-0.3, -0.25) is 4.79 Å². The molecule has 0 radical (unpaired) electrons. The zero-order valence-electron chi connectivity index (χ0n) is 10.2. The van der Waals surface area contributed by atoms with E-state index in [0.717, 1.165) is 11.4 Å². The fourth-order valence-corrected chi connectivity index (χ4v) is 1.92. The van der Waals surface area contributed by atoms with Crippen LogP contribution in [0.4, 0.5) is 5.69 Å². The number of hydrogen-bond acceptors (Lipinski definition) is 1. The Morgan fingerprint density at radius 1 is 1.05 bits per heavy atom. The Bertz CT molecular complexity index is 669. The highest BCUT2D eigenvalue weighted by molar-refractivity contribution is 6.03. The van der Waals surface area contributed by atoms with Gasteiger partial charge in [0.1, 0.15) is 5.69 Å². The molecule has 0 aliphatic carbocycles. The largest absolute Gasteiger partial charge is 0.357 e. The van der Waals surface area contributed by atoms with Gasteiger partial charge in [0.05, 0.1) is 0 Å². The summed E-state index contributed by atoms with van der Waals surface area (Å²) >= 11 is 0. The van der Waals surface area contributed by atoms with Crippen molar-refractivity contribution in [1.29, 1.82) is 0 Å². The molecular weight excluding hydrogens is 238 g/mol. The SMILES string of the molecule is O=C(Nc1cccc(-n2cccc2)c1)c1ccc[nH]1. The molecule has 0 spiro atoms. The van der Waals surface area contributed by atoms with Gasteiger partial charge in [-0.25, -0.2) is 0 Å². The number of hydrogen-bond donors (Lipinski definition) is 2. The van der Waals surface area contributed by atoms with E-state index in [1.165, 1.54) is 0 Å². The number of anilines is 1. The van der Waals surface area contributed by atoms with Crippen LogP contribution >= 0.6 is 0 Å². The fourth-order valence-electron chi connectivity index (χ4n) is 1.92. The molecule has 2 heterocycles. The minimum Gasteiger partial charge on any atom is -0.357 e. The number of H-pyrrole nitrogens is 1. The van der Waals surface area contributed by atoms with Gasteiger partial charge < -0.3 is 14.9 Å². The number of benzene rings is 1. The Kier molecular flexibility index (Phi) is 2.90. The van der Waals surface area contributed by atoms with Crippen molar-refractivity contribution in [3.05, 3.63) is 72.8 Å². The molecule has 3 rings (SSSR count). The van der Waals surface area contributed by atoms with Crippen molar-refractivity contribution in [1.82, 2.24) is 9.55 Å². The van der Waals surface area contributed by atoms with E-state index in [-0.39, 0.29) is 5.91 Å². The molecule has 0 bridgehead atoms. The lowest BCUT2D eigenvalue weighted by Crippen LogP contribution is -2.12. The highest BCUT2D eigenvalue weighted by atomic mass is 16.1. The van der Waals surface area contributed by atoms with Crippen molar-refractivity contribution >= 4 is 11.6 Å². The number of nitrogens with zero attached hydrogens (tertiary/aromatic N) is 1. The first kappa shape index (κ1) is 11.3. The van der Waals surface area contributed by atoms with Crippen LogP contribution < -0.4 is 5.32 Å². The summed E-state index contributed by atoms with van der Waals surface area (Å²) in [4.78, 5) is 14.8. The topological polar surface area (TPSA) is 49.8 Å². The highest BCUT2D eigenvalue weighted by Crippen LogP contribution is 2.15. The maximum absolute atomic E-state index is 11.9. The number of rotatable bonds is 3. The van der Waals surface area contributed by atoms with Gasteiger partial charge in [-0.15, -0.1) is 0 Å². The zero-order chi connectivity index (χ0) is 13.1. The number of carbonyl (C=O) groups excluding carboxylic acids is 1. The maximum Gasteiger partial charge on any atom is 0.272 e. The molecule has 0 fully saturated rings. The summed E-state index contributed by atoms with van der Waals surface area (Å²) in [5, 5.41) is 2.86. The Morgan fingerprint density at radius 3 is 2.63 bits per heavy atom. The first-order chi connectivity index (χ1) is 9.33. The molecule has 1 aromatic carbocycles. The fraction of sp³-hybridized carbons (Fsp3) is 0. The maximum atomic E-state index is 11.9. The van der Waals surface area contributed by atoms with Gasteiger partial charge in [0.15, 0.2) is 0 Å². The van der Waals surface area contributed by atoms with Crippen molar-refractivity contribution in [2.24, 2.45) is 0 Å². The standard InChI is InChI=1S/C15H13N3O/c19-15(14-7-4-8-16-14)17-12-5-3-6-13(11-12)18-9-1-2-10-18/h1-11,16H,(H,17,19). The molecule has 0 aliphatic heterocycles. The number of aromatic nitrogens is 2. The average molecular weight is 251 g/mol. The van der Waals surface area contributed by atoms with Gasteiger partial charge in [0.25, 0.3) is 5.91 Å². The van der Waals surface area contributed by atoms with Crippen LogP contribution in [0.15, 0.2) is 67.1 Å². The number of carbonyl (C=O) groups is 1. The van der Waals surface area contributed by atoms with Crippen molar-refractivity contribution in [2.45, 2.75) is 0 Å².